The molecule has 1 aliphatic rings. The van der Waals surface area contributed by atoms with Crippen molar-refractivity contribution in [2.24, 2.45) is 0 Å². The fourth-order valence-corrected chi connectivity index (χ4v) is 0.856. The van der Waals surface area contributed by atoms with Gasteiger partial charge in [0.25, 0.3) is 0 Å². The summed E-state index contributed by atoms with van der Waals surface area (Å²) in [5.74, 6) is 0. The van der Waals surface area contributed by atoms with Crippen molar-refractivity contribution in [1.82, 2.24) is 0 Å². The molecule has 1 rings (SSSR count). The fourth-order valence-electron chi connectivity index (χ4n) is 0.856. The van der Waals surface area contributed by atoms with Crippen LogP contribution in [-0.4, -0.2) is 0 Å². The number of halogens is 3. The van der Waals surface area contributed by atoms with Crippen LogP contribution in [-0.2, 0) is 19.5 Å². The molecule has 0 spiro atoms. The van der Waals surface area contributed by atoms with E-state index in [1.165, 1.54) is 25.7 Å². The van der Waals surface area contributed by atoms with E-state index in [0.29, 0.717) is 0 Å². The van der Waals surface area contributed by atoms with Crippen LogP contribution in [0.4, 0.5) is 0 Å². The molecule has 0 atom stereocenters. The van der Waals surface area contributed by atoms with Gasteiger partial charge in [0.05, 0.1) is 0 Å². The van der Waals surface area contributed by atoms with Crippen molar-refractivity contribution in [3.63, 3.8) is 0 Å². The van der Waals surface area contributed by atoms with Crippen LogP contribution < -0.4 is 37.2 Å². The summed E-state index contributed by atoms with van der Waals surface area (Å²) in [4.78, 5) is 0. The fraction of sp³-hybridized carbons (Fsp3) is 0.500. The molecule has 73 valence electrons. The molecule has 0 nitrogen and oxygen atoms in total. The van der Waals surface area contributed by atoms with Crippen LogP contribution in [0.1, 0.15) is 25.7 Å². The zero-order valence-corrected chi connectivity index (χ0v) is 10.6. The molecule has 0 amide bonds. The summed E-state index contributed by atoms with van der Waals surface area (Å²) in [5, 5.41) is 0. The summed E-state index contributed by atoms with van der Waals surface area (Å²) in [6.45, 7) is 0. The molecule has 0 aromatic heterocycles. The summed E-state index contributed by atoms with van der Waals surface area (Å²) in [6.07, 6.45) is 14.0. The minimum atomic E-state index is 0. The van der Waals surface area contributed by atoms with E-state index in [9.17, 15) is 0 Å². The first-order valence-electron chi connectivity index (χ1n) is 3.30. The van der Waals surface area contributed by atoms with Gasteiger partial charge in [-0.05, 0) is 25.7 Å². The van der Waals surface area contributed by atoms with Gasteiger partial charge in [-0.3, -0.25) is 0 Å². The van der Waals surface area contributed by atoms with Gasteiger partial charge in [0.1, 0.15) is 0 Å². The van der Waals surface area contributed by atoms with Crippen molar-refractivity contribution in [1.29, 1.82) is 0 Å². The van der Waals surface area contributed by atoms with Crippen molar-refractivity contribution >= 4 is 0 Å². The number of rotatable bonds is 0. The van der Waals surface area contributed by atoms with Crippen LogP contribution in [0, 0.1) is 0 Å². The molecular formula is C8H12Cl3Ru. The van der Waals surface area contributed by atoms with Crippen molar-refractivity contribution in [2.75, 3.05) is 0 Å². The molecule has 12 heavy (non-hydrogen) atoms. The topological polar surface area (TPSA) is 0 Å². The third kappa shape index (κ3) is 13.6. The molecule has 0 saturated heterocycles. The maximum atomic E-state index is 2.27. The Hall–Kier alpha value is 0.973. The monoisotopic (exact) mass is 315 g/mol. The second-order valence-electron chi connectivity index (χ2n) is 2.10. The minimum Gasteiger partial charge on any atom is -1.00 e. The van der Waals surface area contributed by atoms with E-state index in [0.717, 1.165) is 0 Å². The van der Waals surface area contributed by atoms with Gasteiger partial charge < -0.3 is 37.2 Å². The van der Waals surface area contributed by atoms with Gasteiger partial charge in [-0.1, -0.05) is 24.3 Å². The number of hydrogen-bond donors (Lipinski definition) is 0. The van der Waals surface area contributed by atoms with Crippen LogP contribution in [0.15, 0.2) is 24.3 Å². The van der Waals surface area contributed by atoms with Gasteiger partial charge in [0.2, 0.25) is 0 Å². The predicted octanol–water partition coefficient (Wildman–Crippen LogP) is -6.32. The van der Waals surface area contributed by atoms with E-state index in [-0.39, 0.29) is 56.7 Å². The predicted molar refractivity (Wildman–Crippen MR) is 36.7 cm³/mol. The molecule has 0 heterocycles. The molecule has 0 saturated carbocycles. The zero-order valence-electron chi connectivity index (χ0n) is 6.63. The Labute approximate surface area is 106 Å². The largest absolute Gasteiger partial charge is 3.00 e. The van der Waals surface area contributed by atoms with Crippen LogP contribution in [0.5, 0.6) is 0 Å². The van der Waals surface area contributed by atoms with Crippen molar-refractivity contribution in [3.8, 4) is 0 Å². The Morgan fingerprint density at radius 1 is 0.500 bits per heavy atom. The van der Waals surface area contributed by atoms with E-state index >= 15 is 0 Å². The standard InChI is InChI=1S/C8H12.3ClH.Ru/c1-2-4-6-8-7-5-3-1;;;;/h1-2,7-8H,3-6H2;3*1H;/q;;;;+3/p-3. The first-order valence-corrected chi connectivity index (χ1v) is 3.30. The van der Waals surface area contributed by atoms with Gasteiger partial charge in [-0.25, -0.2) is 0 Å². The quantitative estimate of drug-likeness (QED) is 0.308. The van der Waals surface area contributed by atoms with E-state index in [2.05, 4.69) is 24.3 Å². The Morgan fingerprint density at radius 3 is 0.833 bits per heavy atom. The molecule has 4 heteroatoms. The molecule has 0 fully saturated rings. The summed E-state index contributed by atoms with van der Waals surface area (Å²) in [6, 6.07) is 0. The van der Waals surface area contributed by atoms with Gasteiger partial charge in [0.15, 0.2) is 0 Å². The average Bonchev–Trinajstić information content (AvgIpc) is 1.62. The van der Waals surface area contributed by atoms with Gasteiger partial charge >= 0.3 is 19.5 Å². The molecular weight excluding hydrogens is 304 g/mol. The number of hydrogen-bond acceptors (Lipinski definition) is 0. The maximum absolute atomic E-state index is 2.27. The van der Waals surface area contributed by atoms with Gasteiger partial charge in [0, 0.05) is 0 Å². The molecule has 0 aromatic rings. The van der Waals surface area contributed by atoms with Crippen molar-refractivity contribution in [3.05, 3.63) is 24.3 Å². The van der Waals surface area contributed by atoms with Crippen LogP contribution in [0.2, 0.25) is 0 Å². The molecule has 0 aromatic carbocycles. The normalized spacial score (nSPS) is 13.3. The molecule has 0 unspecified atom stereocenters. The van der Waals surface area contributed by atoms with Crippen molar-refractivity contribution < 1.29 is 56.7 Å². The summed E-state index contributed by atoms with van der Waals surface area (Å²) in [5.41, 5.74) is 0. The minimum absolute atomic E-state index is 0. The summed E-state index contributed by atoms with van der Waals surface area (Å²) < 4.78 is 0. The molecule has 1 aliphatic carbocycles. The van der Waals surface area contributed by atoms with Crippen molar-refractivity contribution in [2.45, 2.75) is 25.7 Å². The maximum Gasteiger partial charge on any atom is 3.00 e. The van der Waals surface area contributed by atoms with E-state index in [1.807, 2.05) is 0 Å². The van der Waals surface area contributed by atoms with Gasteiger partial charge in [-0.15, -0.1) is 0 Å². The Bertz CT molecular complexity index is 86.9. The second kappa shape index (κ2) is 17.9. The molecule has 0 bridgehead atoms. The first-order chi connectivity index (χ1) is 4.00. The Balaban J connectivity index is -0.0000000800. The van der Waals surface area contributed by atoms with E-state index in [1.54, 1.807) is 0 Å². The number of allylic oxidation sites excluding steroid dienone is 4. The Kier molecular flexibility index (Phi) is 34.5. The molecule has 0 aliphatic heterocycles. The zero-order chi connectivity index (χ0) is 5.66. The Morgan fingerprint density at radius 2 is 0.667 bits per heavy atom. The third-order valence-corrected chi connectivity index (χ3v) is 1.33. The van der Waals surface area contributed by atoms with Crippen LogP contribution in [0.3, 0.4) is 0 Å². The third-order valence-electron chi connectivity index (χ3n) is 1.33. The second-order valence-corrected chi connectivity index (χ2v) is 2.10. The van der Waals surface area contributed by atoms with E-state index < -0.39 is 0 Å². The molecule has 0 N–H and O–H groups in total. The summed E-state index contributed by atoms with van der Waals surface area (Å²) >= 11 is 0. The van der Waals surface area contributed by atoms with Crippen LogP contribution in [0.25, 0.3) is 0 Å². The molecule has 1 radical (unpaired) electrons. The summed E-state index contributed by atoms with van der Waals surface area (Å²) in [7, 11) is 0. The average molecular weight is 316 g/mol. The first kappa shape index (κ1) is 23.1. The van der Waals surface area contributed by atoms with Gasteiger partial charge in [-0.2, -0.15) is 0 Å². The smallest absolute Gasteiger partial charge is 1.00 e. The van der Waals surface area contributed by atoms with E-state index in [4.69, 9.17) is 0 Å². The SMILES string of the molecule is C1=CCCC=CCC1.[Cl-].[Cl-].[Cl-].[Ru+3]. The van der Waals surface area contributed by atoms with Crippen LogP contribution >= 0.6 is 0 Å².